The minimum atomic E-state index is 0.00847. The van der Waals surface area contributed by atoms with Gasteiger partial charge in [-0.05, 0) is 19.2 Å². The normalized spacial score (nSPS) is 12.1. The van der Waals surface area contributed by atoms with E-state index in [2.05, 4.69) is 15.3 Å². The van der Waals surface area contributed by atoms with Gasteiger partial charge in [0.15, 0.2) is 0 Å². The van der Waals surface area contributed by atoms with Crippen LogP contribution in [-0.4, -0.2) is 24.1 Å². The Labute approximate surface area is 101 Å². The van der Waals surface area contributed by atoms with E-state index in [-0.39, 0.29) is 6.04 Å². The second-order valence-corrected chi connectivity index (χ2v) is 3.60. The van der Waals surface area contributed by atoms with E-state index in [1.54, 1.807) is 19.6 Å². The molecule has 0 bridgehead atoms. The van der Waals surface area contributed by atoms with Crippen molar-refractivity contribution in [2.45, 2.75) is 6.04 Å². The third-order valence-corrected chi connectivity index (χ3v) is 2.64. The van der Waals surface area contributed by atoms with E-state index in [0.717, 1.165) is 17.0 Å². The van der Waals surface area contributed by atoms with E-state index >= 15 is 0 Å². The predicted molar refractivity (Wildman–Crippen MR) is 65.9 cm³/mol. The highest BCUT2D eigenvalue weighted by molar-refractivity contribution is 5.39. The number of rotatable bonds is 4. The van der Waals surface area contributed by atoms with Crippen LogP contribution in [-0.2, 0) is 0 Å². The maximum Gasteiger partial charge on any atom is 0.124 e. The van der Waals surface area contributed by atoms with Gasteiger partial charge in [0, 0.05) is 11.8 Å². The average molecular weight is 229 g/mol. The number of methoxy groups -OCH3 is 1. The Morgan fingerprint density at radius 2 is 2.06 bits per heavy atom. The minimum Gasteiger partial charge on any atom is -0.496 e. The van der Waals surface area contributed by atoms with Crippen LogP contribution in [0.3, 0.4) is 0 Å². The highest BCUT2D eigenvalue weighted by Crippen LogP contribution is 2.28. The van der Waals surface area contributed by atoms with Crippen molar-refractivity contribution in [1.29, 1.82) is 0 Å². The predicted octanol–water partition coefficient (Wildman–Crippen LogP) is 1.79. The summed E-state index contributed by atoms with van der Waals surface area (Å²) in [6.07, 6.45) is 3.29. The van der Waals surface area contributed by atoms with Crippen molar-refractivity contribution in [2.75, 3.05) is 14.2 Å². The van der Waals surface area contributed by atoms with Gasteiger partial charge >= 0.3 is 0 Å². The van der Waals surface area contributed by atoms with Crippen LogP contribution < -0.4 is 10.1 Å². The summed E-state index contributed by atoms with van der Waals surface area (Å²) in [6, 6.07) is 9.82. The molecule has 0 saturated heterocycles. The van der Waals surface area contributed by atoms with Gasteiger partial charge in [-0.1, -0.05) is 18.2 Å². The standard InChI is InChI=1S/C13H15N3O/c1-14-13(11-7-8-15-9-16-11)10-5-3-4-6-12(10)17-2/h3-9,13-14H,1-2H3. The molecule has 0 radical (unpaired) electrons. The van der Waals surface area contributed by atoms with Crippen molar-refractivity contribution in [3.05, 3.63) is 54.1 Å². The van der Waals surface area contributed by atoms with Crippen LogP contribution in [0.1, 0.15) is 17.3 Å². The van der Waals surface area contributed by atoms with E-state index in [0.29, 0.717) is 0 Å². The highest BCUT2D eigenvalue weighted by Gasteiger charge is 2.16. The van der Waals surface area contributed by atoms with Gasteiger partial charge in [0.05, 0.1) is 18.8 Å². The lowest BCUT2D eigenvalue weighted by Crippen LogP contribution is -2.19. The van der Waals surface area contributed by atoms with Crippen LogP contribution >= 0.6 is 0 Å². The number of nitrogens with zero attached hydrogens (tertiary/aromatic N) is 2. The second kappa shape index (κ2) is 5.41. The molecule has 2 aromatic rings. The molecule has 1 heterocycles. The number of benzene rings is 1. The molecule has 0 amide bonds. The largest absolute Gasteiger partial charge is 0.496 e. The van der Waals surface area contributed by atoms with Gasteiger partial charge in [-0.15, -0.1) is 0 Å². The molecule has 0 aliphatic carbocycles. The van der Waals surface area contributed by atoms with E-state index in [4.69, 9.17) is 4.74 Å². The molecular formula is C13H15N3O. The molecule has 1 N–H and O–H groups in total. The quantitative estimate of drug-likeness (QED) is 0.868. The summed E-state index contributed by atoms with van der Waals surface area (Å²) < 4.78 is 5.37. The number of ether oxygens (including phenoxy) is 1. The molecule has 2 rings (SSSR count). The van der Waals surface area contributed by atoms with E-state index in [1.807, 2.05) is 37.4 Å². The molecule has 4 nitrogen and oxygen atoms in total. The maximum atomic E-state index is 5.37. The molecule has 4 heteroatoms. The third kappa shape index (κ3) is 2.42. The molecule has 0 aliphatic rings. The lowest BCUT2D eigenvalue weighted by Gasteiger charge is -2.18. The number of aromatic nitrogens is 2. The molecule has 1 aromatic carbocycles. The Hall–Kier alpha value is -1.94. The fourth-order valence-corrected chi connectivity index (χ4v) is 1.84. The van der Waals surface area contributed by atoms with Gasteiger partial charge in [-0.2, -0.15) is 0 Å². The average Bonchev–Trinajstić information content (AvgIpc) is 2.41. The van der Waals surface area contributed by atoms with Crippen LogP contribution in [0, 0.1) is 0 Å². The topological polar surface area (TPSA) is 47.0 Å². The molecule has 1 atom stereocenters. The van der Waals surface area contributed by atoms with Gasteiger partial charge < -0.3 is 10.1 Å². The zero-order chi connectivity index (χ0) is 12.1. The lowest BCUT2D eigenvalue weighted by atomic mass is 10.0. The van der Waals surface area contributed by atoms with Gasteiger partial charge in [-0.3, -0.25) is 0 Å². The van der Waals surface area contributed by atoms with Gasteiger partial charge in [0.1, 0.15) is 12.1 Å². The summed E-state index contributed by atoms with van der Waals surface area (Å²) in [5.41, 5.74) is 1.99. The van der Waals surface area contributed by atoms with E-state index in [9.17, 15) is 0 Å². The van der Waals surface area contributed by atoms with Crippen LogP contribution in [0.5, 0.6) is 5.75 Å². The first-order chi connectivity index (χ1) is 8.36. The fourth-order valence-electron chi connectivity index (χ4n) is 1.84. The number of hydrogen-bond donors (Lipinski definition) is 1. The summed E-state index contributed by atoms with van der Waals surface area (Å²) in [6.45, 7) is 0. The van der Waals surface area contributed by atoms with Crippen LogP contribution in [0.15, 0.2) is 42.9 Å². The van der Waals surface area contributed by atoms with Gasteiger partial charge in [0.25, 0.3) is 0 Å². The Morgan fingerprint density at radius 1 is 1.24 bits per heavy atom. The number of nitrogens with one attached hydrogen (secondary N) is 1. The maximum absolute atomic E-state index is 5.37. The third-order valence-electron chi connectivity index (χ3n) is 2.64. The van der Waals surface area contributed by atoms with E-state index in [1.165, 1.54) is 0 Å². The SMILES string of the molecule is CNC(c1ccncn1)c1ccccc1OC. The van der Waals surface area contributed by atoms with Crippen LogP contribution in [0.4, 0.5) is 0 Å². The summed E-state index contributed by atoms with van der Waals surface area (Å²) in [4.78, 5) is 8.20. The molecule has 17 heavy (non-hydrogen) atoms. The first-order valence-electron chi connectivity index (χ1n) is 5.43. The summed E-state index contributed by atoms with van der Waals surface area (Å²) in [7, 11) is 3.57. The Bertz CT molecular complexity index is 473. The van der Waals surface area contributed by atoms with Crippen molar-refractivity contribution < 1.29 is 4.74 Å². The minimum absolute atomic E-state index is 0.00847. The van der Waals surface area contributed by atoms with Gasteiger partial charge in [-0.25, -0.2) is 9.97 Å². The molecule has 0 saturated carbocycles. The molecule has 88 valence electrons. The monoisotopic (exact) mass is 229 g/mol. The van der Waals surface area contributed by atoms with Crippen LogP contribution in [0.25, 0.3) is 0 Å². The first-order valence-corrected chi connectivity index (χ1v) is 5.43. The fraction of sp³-hybridized carbons (Fsp3) is 0.231. The molecule has 0 fully saturated rings. The van der Waals surface area contributed by atoms with E-state index < -0.39 is 0 Å². The molecule has 0 spiro atoms. The Balaban J connectivity index is 2.42. The zero-order valence-electron chi connectivity index (χ0n) is 9.92. The summed E-state index contributed by atoms with van der Waals surface area (Å²) in [5.74, 6) is 0.852. The van der Waals surface area contributed by atoms with Crippen molar-refractivity contribution in [1.82, 2.24) is 15.3 Å². The second-order valence-electron chi connectivity index (χ2n) is 3.60. The smallest absolute Gasteiger partial charge is 0.124 e. The highest BCUT2D eigenvalue weighted by atomic mass is 16.5. The van der Waals surface area contributed by atoms with Crippen molar-refractivity contribution in [3.8, 4) is 5.75 Å². The van der Waals surface area contributed by atoms with Crippen molar-refractivity contribution in [3.63, 3.8) is 0 Å². The number of para-hydroxylation sites is 1. The molecule has 1 unspecified atom stereocenters. The molecular weight excluding hydrogens is 214 g/mol. The Kier molecular flexibility index (Phi) is 3.67. The molecule has 1 aromatic heterocycles. The first kappa shape index (κ1) is 11.5. The summed E-state index contributed by atoms with van der Waals surface area (Å²) >= 11 is 0. The van der Waals surface area contributed by atoms with Gasteiger partial charge in [0.2, 0.25) is 0 Å². The Morgan fingerprint density at radius 3 is 2.71 bits per heavy atom. The molecule has 0 aliphatic heterocycles. The summed E-state index contributed by atoms with van der Waals surface area (Å²) in [5, 5.41) is 3.24. The number of hydrogen-bond acceptors (Lipinski definition) is 4. The lowest BCUT2D eigenvalue weighted by molar-refractivity contribution is 0.405. The van der Waals surface area contributed by atoms with Crippen molar-refractivity contribution >= 4 is 0 Å². The van der Waals surface area contributed by atoms with Crippen molar-refractivity contribution in [2.24, 2.45) is 0 Å². The van der Waals surface area contributed by atoms with Crippen LogP contribution in [0.2, 0.25) is 0 Å². The zero-order valence-corrected chi connectivity index (χ0v) is 9.92.